The van der Waals surface area contributed by atoms with Crippen LogP contribution >= 0.6 is 0 Å². The number of nitrogens with zero attached hydrogens (tertiary/aromatic N) is 1. The molecule has 1 aliphatic rings. The fourth-order valence-electron chi connectivity index (χ4n) is 2.36. The van der Waals surface area contributed by atoms with Crippen molar-refractivity contribution >= 4 is 12.0 Å². The number of likely N-dealkylation sites (tertiary alicyclic amines) is 1. The summed E-state index contributed by atoms with van der Waals surface area (Å²) in [5.41, 5.74) is 0. The van der Waals surface area contributed by atoms with Crippen LogP contribution in [0, 0.1) is 5.92 Å². The number of hydrogen-bond acceptors (Lipinski definition) is 3. The highest BCUT2D eigenvalue weighted by atomic mass is 16.4. The molecule has 2 atom stereocenters. The first kappa shape index (κ1) is 14.8. The Bertz CT molecular complexity index is 306. The van der Waals surface area contributed by atoms with Crippen LogP contribution in [-0.4, -0.2) is 52.3 Å². The number of rotatable bonds is 5. The van der Waals surface area contributed by atoms with Crippen molar-refractivity contribution in [1.29, 1.82) is 0 Å². The Kier molecular flexibility index (Phi) is 5.40. The monoisotopic (exact) mass is 258 g/mol. The zero-order valence-electron chi connectivity index (χ0n) is 10.9. The van der Waals surface area contributed by atoms with Gasteiger partial charge in [0.1, 0.15) is 6.04 Å². The standard InChI is InChI=1S/C12H22N2O4/c1-8(2)10-4-3-6-14(10)12(18)13-9(5-7-15)11(16)17/h8-10,15H,3-7H2,1-2H3,(H,13,18)(H,16,17)/t9-,10?/m1/s1. The minimum Gasteiger partial charge on any atom is -0.480 e. The van der Waals surface area contributed by atoms with E-state index in [2.05, 4.69) is 19.2 Å². The third-order valence-electron chi connectivity index (χ3n) is 3.34. The quantitative estimate of drug-likeness (QED) is 0.675. The lowest BCUT2D eigenvalue weighted by Gasteiger charge is -2.29. The molecule has 0 aliphatic carbocycles. The zero-order valence-corrected chi connectivity index (χ0v) is 10.9. The van der Waals surface area contributed by atoms with Gasteiger partial charge in [0.2, 0.25) is 0 Å². The topological polar surface area (TPSA) is 89.9 Å². The minimum atomic E-state index is -1.11. The number of aliphatic hydroxyl groups is 1. The Morgan fingerprint density at radius 3 is 2.61 bits per heavy atom. The van der Waals surface area contributed by atoms with Crippen molar-refractivity contribution in [2.75, 3.05) is 13.2 Å². The van der Waals surface area contributed by atoms with Crippen molar-refractivity contribution in [1.82, 2.24) is 10.2 Å². The van der Waals surface area contributed by atoms with Crippen LogP contribution in [0.4, 0.5) is 4.79 Å². The van der Waals surface area contributed by atoms with Crippen LogP contribution in [0.1, 0.15) is 33.1 Å². The summed E-state index contributed by atoms with van der Waals surface area (Å²) in [7, 11) is 0. The molecule has 18 heavy (non-hydrogen) atoms. The molecule has 0 radical (unpaired) electrons. The van der Waals surface area contributed by atoms with Gasteiger partial charge in [-0.2, -0.15) is 0 Å². The highest BCUT2D eigenvalue weighted by Gasteiger charge is 2.32. The first-order chi connectivity index (χ1) is 8.47. The number of nitrogens with one attached hydrogen (secondary N) is 1. The second kappa shape index (κ2) is 6.58. The lowest BCUT2D eigenvalue weighted by atomic mass is 10.0. The predicted octanol–water partition coefficient (Wildman–Crippen LogP) is 0.652. The molecule has 0 spiro atoms. The van der Waals surface area contributed by atoms with Crippen LogP contribution in [0.2, 0.25) is 0 Å². The number of carboxylic acid groups (broad SMARTS) is 1. The van der Waals surface area contributed by atoms with Crippen LogP contribution in [0.25, 0.3) is 0 Å². The fraction of sp³-hybridized carbons (Fsp3) is 0.833. The van der Waals surface area contributed by atoms with E-state index in [-0.39, 0.29) is 25.1 Å². The van der Waals surface area contributed by atoms with Crippen molar-refractivity contribution in [3.8, 4) is 0 Å². The van der Waals surface area contributed by atoms with Gasteiger partial charge in [-0.1, -0.05) is 13.8 Å². The molecule has 1 rings (SSSR count). The number of aliphatic hydroxyl groups excluding tert-OH is 1. The summed E-state index contributed by atoms with van der Waals surface area (Å²) in [5, 5.41) is 20.2. The van der Waals surface area contributed by atoms with Crippen LogP contribution in [0.15, 0.2) is 0 Å². The second-order valence-electron chi connectivity index (χ2n) is 5.00. The van der Waals surface area contributed by atoms with Crippen molar-refractivity contribution in [3.05, 3.63) is 0 Å². The molecular formula is C12H22N2O4. The van der Waals surface area contributed by atoms with E-state index in [9.17, 15) is 9.59 Å². The van der Waals surface area contributed by atoms with Crippen molar-refractivity contribution in [2.45, 2.75) is 45.2 Å². The molecule has 104 valence electrons. The Morgan fingerprint density at radius 2 is 2.11 bits per heavy atom. The van der Waals surface area contributed by atoms with Gasteiger partial charge in [-0.05, 0) is 18.8 Å². The molecule has 3 N–H and O–H groups in total. The van der Waals surface area contributed by atoms with Gasteiger partial charge in [0.15, 0.2) is 0 Å². The number of amides is 2. The van der Waals surface area contributed by atoms with Crippen molar-refractivity contribution in [2.24, 2.45) is 5.92 Å². The highest BCUT2D eigenvalue weighted by Crippen LogP contribution is 2.23. The van der Waals surface area contributed by atoms with E-state index < -0.39 is 12.0 Å². The lowest BCUT2D eigenvalue weighted by Crippen LogP contribution is -2.50. The maximum Gasteiger partial charge on any atom is 0.326 e. The third-order valence-corrected chi connectivity index (χ3v) is 3.34. The van der Waals surface area contributed by atoms with Crippen LogP contribution < -0.4 is 5.32 Å². The smallest absolute Gasteiger partial charge is 0.326 e. The first-order valence-electron chi connectivity index (χ1n) is 6.38. The molecule has 6 nitrogen and oxygen atoms in total. The average Bonchev–Trinajstić information content (AvgIpc) is 2.77. The Morgan fingerprint density at radius 1 is 1.44 bits per heavy atom. The Balaban J connectivity index is 2.60. The number of carboxylic acids is 1. The minimum absolute atomic E-state index is 0.0290. The normalized spacial score (nSPS) is 21.1. The summed E-state index contributed by atoms with van der Waals surface area (Å²) < 4.78 is 0. The maximum atomic E-state index is 12.0. The van der Waals surface area contributed by atoms with Gasteiger partial charge in [-0.3, -0.25) is 0 Å². The lowest BCUT2D eigenvalue weighted by molar-refractivity contribution is -0.139. The second-order valence-corrected chi connectivity index (χ2v) is 5.00. The Hall–Kier alpha value is -1.30. The van der Waals surface area contributed by atoms with Gasteiger partial charge in [0.25, 0.3) is 0 Å². The molecule has 0 bridgehead atoms. The molecule has 1 unspecified atom stereocenters. The number of urea groups is 1. The van der Waals surface area contributed by atoms with Gasteiger partial charge in [-0.15, -0.1) is 0 Å². The first-order valence-corrected chi connectivity index (χ1v) is 6.38. The summed E-state index contributed by atoms with van der Waals surface area (Å²) >= 11 is 0. The molecule has 1 saturated heterocycles. The van der Waals surface area contributed by atoms with Gasteiger partial charge in [0, 0.05) is 25.6 Å². The van der Waals surface area contributed by atoms with Gasteiger partial charge >= 0.3 is 12.0 Å². The van der Waals surface area contributed by atoms with E-state index in [0.717, 1.165) is 12.8 Å². The molecule has 1 aliphatic heterocycles. The molecule has 0 aromatic heterocycles. The summed E-state index contributed by atoms with van der Waals surface area (Å²) in [6.45, 7) is 4.52. The molecule has 1 heterocycles. The largest absolute Gasteiger partial charge is 0.480 e. The van der Waals surface area contributed by atoms with Crippen LogP contribution in [-0.2, 0) is 4.79 Å². The molecule has 0 saturated carbocycles. The molecule has 0 aromatic carbocycles. The van der Waals surface area contributed by atoms with E-state index in [4.69, 9.17) is 10.2 Å². The SMILES string of the molecule is CC(C)C1CCCN1C(=O)N[C@H](CCO)C(=O)O. The molecule has 2 amide bonds. The Labute approximate surface area is 107 Å². The van der Waals surface area contributed by atoms with Crippen LogP contribution in [0.5, 0.6) is 0 Å². The van der Waals surface area contributed by atoms with E-state index in [0.29, 0.717) is 12.5 Å². The summed E-state index contributed by atoms with van der Waals surface area (Å²) in [6.07, 6.45) is 1.94. The third kappa shape index (κ3) is 3.60. The highest BCUT2D eigenvalue weighted by molar-refractivity contribution is 5.82. The van der Waals surface area contributed by atoms with Gasteiger partial charge < -0.3 is 20.4 Å². The number of aliphatic carboxylic acids is 1. The summed E-state index contributed by atoms with van der Waals surface area (Å²) in [5.74, 6) is -0.753. The molecule has 1 fully saturated rings. The average molecular weight is 258 g/mol. The van der Waals surface area contributed by atoms with E-state index in [1.807, 2.05) is 0 Å². The van der Waals surface area contributed by atoms with E-state index in [1.54, 1.807) is 4.90 Å². The number of carbonyl (C=O) groups excluding carboxylic acids is 1. The van der Waals surface area contributed by atoms with Crippen LogP contribution in [0.3, 0.4) is 0 Å². The zero-order chi connectivity index (χ0) is 13.7. The van der Waals surface area contributed by atoms with Crippen molar-refractivity contribution in [3.63, 3.8) is 0 Å². The predicted molar refractivity (Wildman–Crippen MR) is 66.2 cm³/mol. The molecular weight excluding hydrogens is 236 g/mol. The summed E-state index contributed by atoms with van der Waals surface area (Å²) in [6, 6.07) is -1.18. The fourth-order valence-corrected chi connectivity index (χ4v) is 2.36. The van der Waals surface area contributed by atoms with E-state index >= 15 is 0 Å². The van der Waals surface area contributed by atoms with Gasteiger partial charge in [-0.25, -0.2) is 9.59 Å². The summed E-state index contributed by atoms with van der Waals surface area (Å²) in [4.78, 5) is 24.6. The maximum absolute atomic E-state index is 12.0. The molecule has 6 heteroatoms. The van der Waals surface area contributed by atoms with Crippen molar-refractivity contribution < 1.29 is 19.8 Å². The molecule has 0 aromatic rings. The van der Waals surface area contributed by atoms with E-state index in [1.165, 1.54) is 0 Å². The van der Waals surface area contributed by atoms with Gasteiger partial charge in [0.05, 0.1) is 0 Å². The number of hydrogen-bond donors (Lipinski definition) is 3. The number of carbonyl (C=O) groups is 2.